The van der Waals surface area contributed by atoms with Crippen LogP contribution < -0.4 is 0 Å². The lowest BCUT2D eigenvalue weighted by molar-refractivity contribution is 1.08. The van der Waals surface area contributed by atoms with E-state index < -0.39 is 0 Å². The largest absolute Gasteiger partial charge is 0.208 e. The molecule has 0 spiro atoms. The minimum atomic E-state index is 0.657. The van der Waals surface area contributed by atoms with Crippen molar-refractivity contribution in [2.75, 3.05) is 0 Å². The highest BCUT2D eigenvalue weighted by Crippen LogP contribution is 2.46. The first-order valence-corrected chi connectivity index (χ1v) is 18.9. The van der Waals surface area contributed by atoms with Gasteiger partial charge in [0.2, 0.25) is 0 Å². The van der Waals surface area contributed by atoms with Crippen LogP contribution in [0.2, 0.25) is 0 Å². The van der Waals surface area contributed by atoms with Crippen molar-refractivity contribution in [3.8, 4) is 67.5 Å². The lowest BCUT2D eigenvalue weighted by atomic mass is 9.93. The number of hydrogen-bond donors (Lipinski definition) is 0. The van der Waals surface area contributed by atoms with E-state index in [2.05, 4.69) is 164 Å². The maximum atomic E-state index is 5.34. The van der Waals surface area contributed by atoms with E-state index >= 15 is 0 Å². The van der Waals surface area contributed by atoms with Crippen LogP contribution in [-0.4, -0.2) is 15.0 Å². The Morgan fingerprint density at radius 1 is 0.412 bits per heavy atom. The second kappa shape index (κ2) is 12.5. The molecule has 0 saturated heterocycles. The van der Waals surface area contributed by atoms with Crippen molar-refractivity contribution in [1.82, 2.24) is 15.0 Å². The quantitative estimate of drug-likeness (QED) is 0.181. The monoisotopic (exact) mass is 687 g/mol. The number of thiophene rings is 1. The third-order valence-electron chi connectivity index (χ3n) is 9.66. The average molecular weight is 688 g/mol. The third kappa shape index (κ3) is 5.25. The predicted octanol–water partition coefficient (Wildman–Crippen LogP) is 12.8. The SMILES string of the molecule is c1ccc(-c2cccc(-c3ccccc3-c3nc(-c4cccc5c4-c4ccccc4SC5)nc(-c4cccc5c4sc4ccccc45)n3)c2)cc1. The summed E-state index contributed by atoms with van der Waals surface area (Å²) in [6, 6.07) is 58.1. The van der Waals surface area contributed by atoms with Gasteiger partial charge < -0.3 is 0 Å². The number of nitrogens with zero attached hydrogens (tertiary/aromatic N) is 3. The van der Waals surface area contributed by atoms with Crippen LogP contribution in [0.4, 0.5) is 0 Å². The maximum absolute atomic E-state index is 5.34. The molecule has 51 heavy (non-hydrogen) atoms. The van der Waals surface area contributed by atoms with Gasteiger partial charge in [-0.05, 0) is 63.2 Å². The first kappa shape index (κ1) is 30.0. The Labute approximate surface area is 304 Å². The molecule has 0 aliphatic carbocycles. The van der Waals surface area contributed by atoms with E-state index in [1.807, 2.05) is 11.8 Å². The summed E-state index contributed by atoms with van der Waals surface area (Å²) >= 11 is 3.68. The molecular weight excluding hydrogens is 659 g/mol. The van der Waals surface area contributed by atoms with Gasteiger partial charge in [0.25, 0.3) is 0 Å². The van der Waals surface area contributed by atoms with Gasteiger partial charge in [0.05, 0.1) is 0 Å². The zero-order valence-corrected chi connectivity index (χ0v) is 29.1. The summed E-state index contributed by atoms with van der Waals surface area (Å²) in [4.78, 5) is 17.3. The van der Waals surface area contributed by atoms with E-state index in [0.717, 1.165) is 33.6 Å². The van der Waals surface area contributed by atoms with Crippen molar-refractivity contribution in [1.29, 1.82) is 0 Å². The molecule has 0 atom stereocenters. The van der Waals surface area contributed by atoms with E-state index in [-0.39, 0.29) is 0 Å². The highest BCUT2D eigenvalue weighted by Gasteiger charge is 2.24. The summed E-state index contributed by atoms with van der Waals surface area (Å²) in [6.45, 7) is 0. The second-order valence-corrected chi connectivity index (χ2v) is 14.8. The fourth-order valence-electron chi connectivity index (χ4n) is 7.27. The van der Waals surface area contributed by atoms with Gasteiger partial charge in [-0.15, -0.1) is 23.1 Å². The lowest BCUT2D eigenvalue weighted by Crippen LogP contribution is -2.04. The van der Waals surface area contributed by atoms with Crippen LogP contribution in [0.5, 0.6) is 0 Å². The van der Waals surface area contributed by atoms with E-state index in [1.54, 1.807) is 11.3 Å². The molecule has 1 aliphatic rings. The molecule has 9 aromatic rings. The molecule has 0 bridgehead atoms. The molecule has 240 valence electrons. The molecule has 3 heterocycles. The van der Waals surface area contributed by atoms with Gasteiger partial charge in [-0.3, -0.25) is 0 Å². The van der Waals surface area contributed by atoms with Crippen molar-refractivity contribution >= 4 is 43.3 Å². The van der Waals surface area contributed by atoms with Gasteiger partial charge in [-0.25, -0.2) is 15.0 Å². The number of rotatable bonds is 5. The summed E-state index contributed by atoms with van der Waals surface area (Å²) in [5.41, 5.74) is 11.3. The van der Waals surface area contributed by atoms with Crippen molar-refractivity contribution in [2.45, 2.75) is 10.6 Å². The summed E-state index contributed by atoms with van der Waals surface area (Å²) in [6.07, 6.45) is 0. The predicted molar refractivity (Wildman–Crippen MR) is 215 cm³/mol. The van der Waals surface area contributed by atoms with Crippen molar-refractivity contribution < 1.29 is 0 Å². The molecule has 0 N–H and O–H groups in total. The smallest absolute Gasteiger partial charge is 0.165 e. The average Bonchev–Trinajstić information content (AvgIpc) is 3.60. The molecule has 2 aromatic heterocycles. The van der Waals surface area contributed by atoms with Gasteiger partial charge >= 0.3 is 0 Å². The normalized spacial score (nSPS) is 12.2. The van der Waals surface area contributed by atoms with E-state index in [9.17, 15) is 0 Å². The van der Waals surface area contributed by atoms with E-state index in [0.29, 0.717) is 17.5 Å². The third-order valence-corrected chi connectivity index (χ3v) is 12.0. The zero-order chi connectivity index (χ0) is 33.7. The van der Waals surface area contributed by atoms with Crippen molar-refractivity contribution in [3.05, 3.63) is 169 Å². The number of thioether (sulfide) groups is 1. The fourth-order valence-corrected chi connectivity index (χ4v) is 9.53. The number of benzene rings is 7. The highest BCUT2D eigenvalue weighted by atomic mass is 32.2. The summed E-state index contributed by atoms with van der Waals surface area (Å²) in [7, 11) is 0. The molecule has 0 saturated carbocycles. The first-order valence-electron chi connectivity index (χ1n) is 17.0. The van der Waals surface area contributed by atoms with Crippen LogP contribution in [0.1, 0.15) is 5.56 Å². The Morgan fingerprint density at radius 3 is 1.88 bits per heavy atom. The van der Waals surface area contributed by atoms with E-state index in [1.165, 1.54) is 52.9 Å². The van der Waals surface area contributed by atoms with Crippen LogP contribution in [-0.2, 0) is 5.75 Å². The molecule has 3 nitrogen and oxygen atoms in total. The Balaban J connectivity index is 1.22. The number of aromatic nitrogens is 3. The Morgan fingerprint density at radius 2 is 1.00 bits per heavy atom. The summed E-state index contributed by atoms with van der Waals surface area (Å²) < 4.78 is 2.44. The molecule has 0 fully saturated rings. The number of hydrogen-bond acceptors (Lipinski definition) is 5. The summed E-state index contributed by atoms with van der Waals surface area (Å²) in [5, 5.41) is 2.47. The molecule has 5 heteroatoms. The van der Waals surface area contributed by atoms with Crippen LogP contribution in [0.3, 0.4) is 0 Å². The first-order chi connectivity index (χ1) is 25.3. The molecule has 0 unspecified atom stereocenters. The molecular formula is C46H29N3S2. The Kier molecular flexibility index (Phi) is 7.33. The molecule has 0 amide bonds. The van der Waals surface area contributed by atoms with Gasteiger partial charge in [0.15, 0.2) is 17.5 Å². The highest BCUT2D eigenvalue weighted by molar-refractivity contribution is 7.98. The molecule has 7 aromatic carbocycles. The molecule has 0 radical (unpaired) electrons. The van der Waals surface area contributed by atoms with Gasteiger partial charge in [0.1, 0.15) is 0 Å². The van der Waals surface area contributed by atoms with Crippen LogP contribution in [0.15, 0.2) is 169 Å². The van der Waals surface area contributed by atoms with Crippen molar-refractivity contribution in [3.63, 3.8) is 0 Å². The van der Waals surface area contributed by atoms with Crippen LogP contribution >= 0.6 is 23.1 Å². The maximum Gasteiger partial charge on any atom is 0.165 e. The Hall–Kier alpha value is -5.88. The summed E-state index contributed by atoms with van der Waals surface area (Å²) in [5.74, 6) is 2.92. The van der Waals surface area contributed by atoms with E-state index in [4.69, 9.17) is 15.0 Å². The van der Waals surface area contributed by atoms with Crippen LogP contribution in [0.25, 0.3) is 87.7 Å². The second-order valence-electron chi connectivity index (χ2n) is 12.7. The van der Waals surface area contributed by atoms with Crippen molar-refractivity contribution in [2.24, 2.45) is 0 Å². The fraction of sp³-hybridized carbons (Fsp3) is 0.0217. The topological polar surface area (TPSA) is 38.7 Å². The van der Waals surface area contributed by atoms with Crippen LogP contribution in [0, 0.1) is 0 Å². The zero-order valence-electron chi connectivity index (χ0n) is 27.5. The van der Waals surface area contributed by atoms with Gasteiger partial charge in [-0.2, -0.15) is 0 Å². The molecule has 10 rings (SSSR count). The standard InChI is InChI=1S/C46H29N3S2/c1-2-13-29(14-3-1)30-15-10-16-31(27-30)33-18-4-5-20-36(33)44-47-45(38-23-11-17-32-28-50-40-25-8-7-21-37(40)42(32)38)49-46(48-44)39-24-12-22-35-34-19-6-9-26-41(34)51-43(35)39/h1-27H,28H2. The number of fused-ring (bicyclic) bond motifs is 6. The molecule has 1 aliphatic heterocycles. The van der Waals surface area contributed by atoms with Gasteiger partial charge in [-0.1, -0.05) is 140 Å². The Bertz CT molecular complexity index is 2770. The van der Waals surface area contributed by atoms with Gasteiger partial charge in [0, 0.05) is 47.5 Å². The minimum Gasteiger partial charge on any atom is -0.208 e. The minimum absolute atomic E-state index is 0.657. The lowest BCUT2D eigenvalue weighted by Gasteiger charge is -2.22.